The van der Waals surface area contributed by atoms with Crippen molar-refractivity contribution in [2.24, 2.45) is 0 Å². The Morgan fingerprint density at radius 2 is 1.58 bits per heavy atom. The molecule has 0 saturated carbocycles. The average molecular weight is 424 g/mol. The second kappa shape index (κ2) is 11.2. The fourth-order valence-electron chi connectivity index (χ4n) is 3.47. The minimum absolute atomic E-state index is 0.376. The topological polar surface area (TPSA) is 87.7 Å². The molecule has 2 aromatic rings. The molecule has 1 saturated heterocycles. The summed E-state index contributed by atoms with van der Waals surface area (Å²) in [5.41, 5.74) is 2.24. The van der Waals surface area contributed by atoms with E-state index in [1.165, 1.54) is 32.6 Å². The van der Waals surface area contributed by atoms with Gasteiger partial charge >= 0.3 is 5.97 Å². The standard InChI is InChI=1S/C24H29N3O4/c1-18(25-23(29)19-9-5-4-6-10-19)24(30)31-17-22(28)26-20-11-13-21(14-12-20)27-15-7-2-3-8-16-27/h4-6,9-14,18H,2-3,7-8,15-17H2,1H3,(H,25,29)(H,26,28)/t18-/m0/s1. The van der Waals surface area contributed by atoms with Crippen LogP contribution >= 0.6 is 0 Å². The van der Waals surface area contributed by atoms with Gasteiger partial charge in [-0.05, 0) is 56.2 Å². The molecule has 0 aliphatic carbocycles. The fourth-order valence-corrected chi connectivity index (χ4v) is 3.47. The van der Waals surface area contributed by atoms with Crippen LogP contribution in [-0.4, -0.2) is 43.5 Å². The number of nitrogens with one attached hydrogen (secondary N) is 2. The van der Waals surface area contributed by atoms with Gasteiger partial charge in [-0.1, -0.05) is 31.0 Å². The number of benzene rings is 2. The Morgan fingerprint density at radius 3 is 2.23 bits per heavy atom. The zero-order valence-corrected chi connectivity index (χ0v) is 17.8. The van der Waals surface area contributed by atoms with Crippen LogP contribution in [0.25, 0.3) is 0 Å². The minimum atomic E-state index is -0.867. The van der Waals surface area contributed by atoms with Crippen LogP contribution in [0.15, 0.2) is 54.6 Å². The quantitative estimate of drug-likeness (QED) is 0.667. The Bertz CT molecular complexity index is 875. The van der Waals surface area contributed by atoms with E-state index in [9.17, 15) is 14.4 Å². The molecule has 1 atom stereocenters. The van der Waals surface area contributed by atoms with E-state index in [4.69, 9.17) is 4.74 Å². The van der Waals surface area contributed by atoms with Crippen LogP contribution < -0.4 is 15.5 Å². The molecule has 1 fully saturated rings. The lowest BCUT2D eigenvalue weighted by atomic mass is 10.2. The minimum Gasteiger partial charge on any atom is -0.454 e. The number of carbonyl (C=O) groups is 3. The molecule has 2 amide bonds. The van der Waals surface area contributed by atoms with Gasteiger partial charge < -0.3 is 20.3 Å². The summed E-state index contributed by atoms with van der Waals surface area (Å²) in [6.45, 7) is 3.21. The fraction of sp³-hybridized carbons (Fsp3) is 0.375. The van der Waals surface area contributed by atoms with Gasteiger partial charge in [-0.2, -0.15) is 0 Å². The first-order valence-corrected chi connectivity index (χ1v) is 10.7. The zero-order valence-electron chi connectivity index (χ0n) is 17.8. The average Bonchev–Trinajstić information content (AvgIpc) is 3.08. The van der Waals surface area contributed by atoms with Crippen molar-refractivity contribution in [3.8, 4) is 0 Å². The predicted molar refractivity (Wildman–Crippen MR) is 120 cm³/mol. The molecule has 2 aromatic carbocycles. The summed E-state index contributed by atoms with van der Waals surface area (Å²) >= 11 is 0. The number of carbonyl (C=O) groups excluding carboxylic acids is 3. The van der Waals surface area contributed by atoms with E-state index in [0.29, 0.717) is 11.3 Å². The van der Waals surface area contributed by atoms with Crippen molar-refractivity contribution in [1.82, 2.24) is 5.32 Å². The van der Waals surface area contributed by atoms with E-state index < -0.39 is 24.5 Å². The van der Waals surface area contributed by atoms with Gasteiger partial charge in [0.2, 0.25) is 0 Å². The highest BCUT2D eigenvalue weighted by Crippen LogP contribution is 2.21. The molecule has 7 heteroatoms. The van der Waals surface area contributed by atoms with Gasteiger partial charge in [0.1, 0.15) is 6.04 Å². The van der Waals surface area contributed by atoms with Crippen molar-refractivity contribution in [1.29, 1.82) is 0 Å². The van der Waals surface area contributed by atoms with Crippen LogP contribution in [0.1, 0.15) is 43.0 Å². The molecule has 0 radical (unpaired) electrons. The molecule has 0 bridgehead atoms. The van der Waals surface area contributed by atoms with Crippen LogP contribution in [0.3, 0.4) is 0 Å². The molecular weight excluding hydrogens is 394 g/mol. The van der Waals surface area contributed by atoms with E-state index >= 15 is 0 Å². The molecular formula is C24H29N3O4. The summed E-state index contributed by atoms with van der Waals surface area (Å²) < 4.78 is 5.03. The normalized spacial score (nSPS) is 14.8. The van der Waals surface area contributed by atoms with Crippen molar-refractivity contribution in [3.63, 3.8) is 0 Å². The number of ether oxygens (including phenoxy) is 1. The van der Waals surface area contributed by atoms with Crippen molar-refractivity contribution < 1.29 is 19.1 Å². The van der Waals surface area contributed by atoms with Gasteiger partial charge in [-0.25, -0.2) is 4.79 Å². The second-order valence-corrected chi connectivity index (χ2v) is 7.67. The molecule has 2 N–H and O–H groups in total. The number of hydrogen-bond acceptors (Lipinski definition) is 5. The first kappa shape index (κ1) is 22.3. The summed E-state index contributed by atoms with van der Waals surface area (Å²) in [4.78, 5) is 38.7. The smallest absolute Gasteiger partial charge is 0.328 e. The number of anilines is 2. The molecule has 1 aliphatic rings. The molecule has 0 unspecified atom stereocenters. The second-order valence-electron chi connectivity index (χ2n) is 7.67. The molecule has 1 heterocycles. The Balaban J connectivity index is 1.42. The molecule has 1 aliphatic heterocycles. The maximum Gasteiger partial charge on any atom is 0.328 e. The molecule has 31 heavy (non-hydrogen) atoms. The highest BCUT2D eigenvalue weighted by molar-refractivity contribution is 5.97. The number of amides is 2. The highest BCUT2D eigenvalue weighted by Gasteiger charge is 2.19. The number of esters is 1. The lowest BCUT2D eigenvalue weighted by molar-refractivity contribution is -0.148. The van der Waals surface area contributed by atoms with Crippen LogP contribution in [0.2, 0.25) is 0 Å². The van der Waals surface area contributed by atoms with E-state index in [-0.39, 0.29) is 5.91 Å². The Morgan fingerprint density at radius 1 is 0.935 bits per heavy atom. The van der Waals surface area contributed by atoms with Gasteiger partial charge in [0.25, 0.3) is 11.8 Å². The molecule has 164 valence electrons. The van der Waals surface area contributed by atoms with Crippen molar-refractivity contribution in [3.05, 3.63) is 60.2 Å². The van der Waals surface area contributed by atoms with Crippen LogP contribution in [0.5, 0.6) is 0 Å². The Labute approximate surface area is 182 Å². The van der Waals surface area contributed by atoms with Gasteiger partial charge in [0, 0.05) is 30.0 Å². The van der Waals surface area contributed by atoms with Crippen molar-refractivity contribution in [2.75, 3.05) is 29.9 Å². The first-order valence-electron chi connectivity index (χ1n) is 10.7. The van der Waals surface area contributed by atoms with Crippen molar-refractivity contribution in [2.45, 2.75) is 38.6 Å². The van der Waals surface area contributed by atoms with Crippen LogP contribution in [-0.2, 0) is 14.3 Å². The summed E-state index contributed by atoms with van der Waals surface area (Å²) in [5.74, 6) is -1.48. The van der Waals surface area contributed by atoms with Crippen LogP contribution in [0.4, 0.5) is 11.4 Å². The van der Waals surface area contributed by atoms with Crippen LogP contribution in [0, 0.1) is 0 Å². The predicted octanol–water partition coefficient (Wildman–Crippen LogP) is 3.37. The number of nitrogens with zero attached hydrogens (tertiary/aromatic N) is 1. The third-order valence-electron chi connectivity index (χ3n) is 5.20. The van der Waals surface area contributed by atoms with Gasteiger partial charge in [0.05, 0.1) is 0 Å². The summed E-state index contributed by atoms with van der Waals surface area (Å²) in [7, 11) is 0. The van der Waals surface area contributed by atoms with E-state index in [1.54, 1.807) is 30.3 Å². The maximum absolute atomic E-state index is 12.1. The Kier molecular flexibility index (Phi) is 8.04. The SMILES string of the molecule is C[C@H](NC(=O)c1ccccc1)C(=O)OCC(=O)Nc1ccc(N2CCCCCC2)cc1. The van der Waals surface area contributed by atoms with Crippen molar-refractivity contribution >= 4 is 29.2 Å². The first-order chi connectivity index (χ1) is 15.0. The lowest BCUT2D eigenvalue weighted by Crippen LogP contribution is -2.40. The lowest BCUT2D eigenvalue weighted by Gasteiger charge is -2.22. The molecule has 7 nitrogen and oxygen atoms in total. The zero-order chi connectivity index (χ0) is 22.1. The van der Waals surface area contributed by atoms with E-state index in [1.807, 2.05) is 24.3 Å². The largest absolute Gasteiger partial charge is 0.454 e. The summed E-state index contributed by atoms with van der Waals surface area (Å²) in [6, 6.07) is 15.4. The van der Waals surface area contributed by atoms with E-state index in [2.05, 4.69) is 15.5 Å². The van der Waals surface area contributed by atoms with Gasteiger partial charge in [-0.15, -0.1) is 0 Å². The monoisotopic (exact) mass is 423 g/mol. The third-order valence-corrected chi connectivity index (χ3v) is 5.20. The molecule has 0 aromatic heterocycles. The third kappa shape index (κ3) is 6.84. The number of rotatable bonds is 7. The highest BCUT2D eigenvalue weighted by atomic mass is 16.5. The summed E-state index contributed by atoms with van der Waals surface area (Å²) in [5, 5.41) is 5.28. The number of hydrogen-bond donors (Lipinski definition) is 2. The molecule has 3 rings (SSSR count). The molecule has 0 spiro atoms. The van der Waals surface area contributed by atoms with Gasteiger partial charge in [0.15, 0.2) is 6.61 Å². The summed E-state index contributed by atoms with van der Waals surface area (Å²) in [6.07, 6.45) is 4.96. The van der Waals surface area contributed by atoms with E-state index in [0.717, 1.165) is 18.8 Å². The van der Waals surface area contributed by atoms with Gasteiger partial charge in [-0.3, -0.25) is 9.59 Å². The Hall–Kier alpha value is -3.35. The maximum atomic E-state index is 12.1.